The van der Waals surface area contributed by atoms with E-state index in [0.29, 0.717) is 5.13 Å². The van der Waals surface area contributed by atoms with Crippen molar-refractivity contribution in [1.82, 2.24) is 4.98 Å². The fourth-order valence-electron chi connectivity index (χ4n) is 1.10. The number of hydrogen-bond donors (Lipinski definition) is 2. The largest absolute Gasteiger partial charge is 0.476 e. The Bertz CT molecular complexity index is 334. The molecular weight excluding hydrogens is 200 g/mol. The number of hydrogen-bond acceptors (Lipinski definition) is 4. The molecule has 0 amide bonds. The summed E-state index contributed by atoms with van der Waals surface area (Å²) in [6, 6.07) is 0. The molecule has 0 unspecified atom stereocenters. The van der Waals surface area contributed by atoms with E-state index in [1.54, 1.807) is 0 Å². The summed E-state index contributed by atoms with van der Waals surface area (Å²) < 4.78 is 0. The fraction of sp³-hybridized carbons (Fsp3) is 0.556. The lowest BCUT2D eigenvalue weighted by Gasteiger charge is -1.99. The van der Waals surface area contributed by atoms with Crippen LogP contribution in [-0.2, 0) is 0 Å². The van der Waals surface area contributed by atoms with Crippen LogP contribution in [0.2, 0.25) is 0 Å². The number of nitrogens with one attached hydrogen (secondary N) is 1. The monoisotopic (exact) mass is 214 g/mol. The number of aromatic nitrogens is 1. The Morgan fingerprint density at radius 1 is 1.64 bits per heavy atom. The second-order valence-corrected chi connectivity index (χ2v) is 4.25. The molecule has 0 aliphatic carbocycles. The molecule has 0 aromatic carbocycles. The lowest BCUT2D eigenvalue weighted by molar-refractivity contribution is 0.0690. The third kappa shape index (κ3) is 2.23. The molecule has 0 fully saturated rings. The van der Waals surface area contributed by atoms with Crippen molar-refractivity contribution in [3.05, 3.63) is 10.6 Å². The second-order valence-electron chi connectivity index (χ2n) is 3.22. The van der Waals surface area contributed by atoms with Gasteiger partial charge in [-0.1, -0.05) is 13.8 Å². The van der Waals surface area contributed by atoms with Crippen LogP contribution in [0.4, 0.5) is 5.13 Å². The number of nitrogens with zero attached hydrogens (tertiary/aromatic N) is 1. The maximum atomic E-state index is 10.9. The molecule has 0 saturated heterocycles. The lowest BCUT2D eigenvalue weighted by atomic mass is 10.1. The van der Waals surface area contributed by atoms with Gasteiger partial charge in [0.1, 0.15) is 0 Å². The van der Waals surface area contributed by atoms with Gasteiger partial charge in [0.25, 0.3) is 0 Å². The molecule has 1 rings (SSSR count). The fourth-order valence-corrected chi connectivity index (χ4v) is 2.13. The van der Waals surface area contributed by atoms with Gasteiger partial charge < -0.3 is 10.4 Å². The van der Waals surface area contributed by atoms with E-state index < -0.39 is 5.97 Å². The molecule has 0 radical (unpaired) electrons. The molecule has 0 aliphatic rings. The maximum absolute atomic E-state index is 10.9. The Morgan fingerprint density at radius 3 is 2.64 bits per heavy atom. The highest BCUT2D eigenvalue weighted by atomic mass is 32.1. The van der Waals surface area contributed by atoms with E-state index in [-0.39, 0.29) is 11.6 Å². The lowest BCUT2D eigenvalue weighted by Crippen LogP contribution is -2.02. The normalized spacial score (nSPS) is 10.6. The average molecular weight is 214 g/mol. The highest BCUT2D eigenvalue weighted by Gasteiger charge is 2.19. The van der Waals surface area contributed by atoms with Crippen LogP contribution in [0, 0.1) is 0 Å². The third-order valence-corrected chi connectivity index (χ3v) is 3.02. The van der Waals surface area contributed by atoms with Crippen LogP contribution in [0.3, 0.4) is 0 Å². The van der Waals surface area contributed by atoms with E-state index in [9.17, 15) is 4.79 Å². The predicted molar refractivity (Wildman–Crippen MR) is 57.3 cm³/mol. The maximum Gasteiger partial charge on any atom is 0.355 e. The molecule has 4 nitrogen and oxygen atoms in total. The van der Waals surface area contributed by atoms with Crippen molar-refractivity contribution >= 4 is 22.4 Å². The predicted octanol–water partition coefficient (Wildman–Crippen LogP) is 2.40. The first-order valence-electron chi connectivity index (χ1n) is 4.54. The number of thiazole rings is 1. The van der Waals surface area contributed by atoms with Gasteiger partial charge in [0.15, 0.2) is 10.8 Å². The Balaban J connectivity index is 3.06. The van der Waals surface area contributed by atoms with E-state index in [2.05, 4.69) is 10.3 Å². The van der Waals surface area contributed by atoms with Gasteiger partial charge in [0, 0.05) is 11.4 Å². The molecule has 0 aliphatic heterocycles. The summed E-state index contributed by atoms with van der Waals surface area (Å²) in [6.45, 7) is 6.65. The van der Waals surface area contributed by atoms with Gasteiger partial charge in [0.2, 0.25) is 0 Å². The van der Waals surface area contributed by atoms with Gasteiger partial charge in [0.05, 0.1) is 0 Å². The zero-order chi connectivity index (χ0) is 10.7. The first-order valence-corrected chi connectivity index (χ1v) is 5.35. The van der Waals surface area contributed by atoms with E-state index >= 15 is 0 Å². The van der Waals surface area contributed by atoms with Gasteiger partial charge in [-0.15, -0.1) is 11.3 Å². The van der Waals surface area contributed by atoms with Crippen molar-refractivity contribution < 1.29 is 9.90 Å². The van der Waals surface area contributed by atoms with Crippen LogP contribution in [0.5, 0.6) is 0 Å². The van der Waals surface area contributed by atoms with Gasteiger partial charge >= 0.3 is 5.97 Å². The molecule has 5 heteroatoms. The summed E-state index contributed by atoms with van der Waals surface area (Å²) in [4.78, 5) is 15.7. The van der Waals surface area contributed by atoms with Crippen LogP contribution in [-0.4, -0.2) is 22.6 Å². The number of carboxylic acids is 1. The van der Waals surface area contributed by atoms with Gasteiger partial charge in [-0.05, 0) is 12.8 Å². The molecule has 1 aromatic heterocycles. The average Bonchev–Trinajstić information content (AvgIpc) is 2.49. The topological polar surface area (TPSA) is 62.2 Å². The van der Waals surface area contributed by atoms with Crippen molar-refractivity contribution in [2.75, 3.05) is 11.9 Å². The summed E-state index contributed by atoms with van der Waals surface area (Å²) in [5.74, 6) is -0.750. The molecular formula is C9H14N2O2S. The Labute approximate surface area is 87.0 Å². The second kappa shape index (κ2) is 4.41. The number of anilines is 1. The zero-order valence-electron chi connectivity index (χ0n) is 8.50. The first kappa shape index (κ1) is 11.0. The molecule has 0 atom stereocenters. The summed E-state index contributed by atoms with van der Waals surface area (Å²) >= 11 is 1.42. The first-order chi connectivity index (χ1) is 6.56. The molecule has 2 N–H and O–H groups in total. The van der Waals surface area contributed by atoms with Gasteiger partial charge in [-0.25, -0.2) is 9.78 Å². The van der Waals surface area contributed by atoms with Crippen molar-refractivity contribution in [2.45, 2.75) is 26.7 Å². The number of carboxylic acid groups (broad SMARTS) is 1. The third-order valence-electron chi connectivity index (χ3n) is 1.71. The summed E-state index contributed by atoms with van der Waals surface area (Å²) in [6.07, 6.45) is 0. The summed E-state index contributed by atoms with van der Waals surface area (Å²) in [5, 5.41) is 12.6. The molecule has 78 valence electrons. The van der Waals surface area contributed by atoms with Crippen molar-refractivity contribution in [1.29, 1.82) is 0 Å². The number of carbonyl (C=O) groups is 1. The highest BCUT2D eigenvalue weighted by molar-refractivity contribution is 7.16. The van der Waals surface area contributed by atoms with Crippen LogP contribution < -0.4 is 5.32 Å². The van der Waals surface area contributed by atoms with E-state index in [4.69, 9.17) is 5.11 Å². The van der Waals surface area contributed by atoms with E-state index in [1.807, 2.05) is 20.8 Å². The summed E-state index contributed by atoms with van der Waals surface area (Å²) in [7, 11) is 0. The van der Waals surface area contributed by atoms with Crippen molar-refractivity contribution in [3.8, 4) is 0 Å². The van der Waals surface area contributed by atoms with Crippen molar-refractivity contribution in [3.63, 3.8) is 0 Å². The molecule has 0 bridgehead atoms. The van der Waals surface area contributed by atoms with Gasteiger partial charge in [-0.2, -0.15) is 0 Å². The van der Waals surface area contributed by atoms with Crippen LogP contribution in [0.25, 0.3) is 0 Å². The van der Waals surface area contributed by atoms with Crippen LogP contribution in [0.1, 0.15) is 42.1 Å². The van der Waals surface area contributed by atoms with Crippen LogP contribution in [0.15, 0.2) is 0 Å². The molecule has 1 heterocycles. The SMILES string of the molecule is CCNc1nc(C(=O)O)c(C(C)C)s1. The molecule has 0 saturated carbocycles. The Kier molecular flexibility index (Phi) is 3.46. The molecule has 0 spiro atoms. The molecule has 14 heavy (non-hydrogen) atoms. The summed E-state index contributed by atoms with van der Waals surface area (Å²) in [5.41, 5.74) is 0.181. The Hall–Kier alpha value is -1.10. The highest BCUT2D eigenvalue weighted by Crippen LogP contribution is 2.29. The smallest absolute Gasteiger partial charge is 0.355 e. The van der Waals surface area contributed by atoms with Crippen LogP contribution >= 0.6 is 11.3 Å². The minimum atomic E-state index is -0.950. The van der Waals surface area contributed by atoms with Gasteiger partial charge in [-0.3, -0.25) is 0 Å². The number of rotatable bonds is 4. The quantitative estimate of drug-likeness (QED) is 0.807. The minimum Gasteiger partial charge on any atom is -0.476 e. The van der Waals surface area contributed by atoms with Crippen molar-refractivity contribution in [2.24, 2.45) is 0 Å². The standard InChI is InChI=1S/C9H14N2O2S/c1-4-10-9-11-6(8(12)13)7(14-9)5(2)3/h5H,4H2,1-3H3,(H,10,11)(H,12,13). The molecule has 1 aromatic rings. The zero-order valence-corrected chi connectivity index (χ0v) is 9.31. The number of aromatic carboxylic acids is 1. The van der Waals surface area contributed by atoms with E-state index in [0.717, 1.165) is 11.4 Å². The van der Waals surface area contributed by atoms with E-state index in [1.165, 1.54) is 11.3 Å². The Morgan fingerprint density at radius 2 is 2.29 bits per heavy atom. The minimum absolute atomic E-state index is 0.181.